The van der Waals surface area contributed by atoms with E-state index in [1.165, 1.54) is 12.0 Å². The molecule has 4 heterocycles. The molecular formula is C25H27F4N7O3. The summed E-state index contributed by atoms with van der Waals surface area (Å²) in [4.78, 5) is 24.8. The minimum atomic E-state index is -4.80. The topological polar surface area (TPSA) is 112 Å². The zero-order valence-electron chi connectivity index (χ0n) is 21.5. The number of benzene rings is 1. The quantitative estimate of drug-likeness (QED) is 0.390. The third-order valence-corrected chi connectivity index (χ3v) is 6.82. The largest absolute Gasteiger partial charge is 0.467 e. The molecule has 0 bridgehead atoms. The first-order chi connectivity index (χ1) is 18.5. The summed E-state index contributed by atoms with van der Waals surface area (Å²) in [7, 11) is 4.69. The van der Waals surface area contributed by atoms with Crippen molar-refractivity contribution in [1.29, 1.82) is 0 Å². The van der Waals surface area contributed by atoms with Gasteiger partial charge in [-0.1, -0.05) is 0 Å². The summed E-state index contributed by atoms with van der Waals surface area (Å²) >= 11 is 0. The summed E-state index contributed by atoms with van der Waals surface area (Å²) in [5, 5.41) is 4.45. The Labute approximate surface area is 221 Å². The Balaban J connectivity index is 1.51. The van der Waals surface area contributed by atoms with E-state index in [4.69, 9.17) is 15.2 Å². The number of amides is 1. The lowest BCUT2D eigenvalue weighted by molar-refractivity contribution is -0.140. The van der Waals surface area contributed by atoms with Crippen LogP contribution >= 0.6 is 0 Å². The third-order valence-electron chi connectivity index (χ3n) is 6.82. The van der Waals surface area contributed by atoms with E-state index in [0.717, 1.165) is 17.8 Å². The van der Waals surface area contributed by atoms with Crippen LogP contribution in [0.5, 0.6) is 6.01 Å². The van der Waals surface area contributed by atoms with E-state index in [1.54, 1.807) is 24.8 Å². The van der Waals surface area contributed by atoms with Gasteiger partial charge in [0, 0.05) is 44.7 Å². The SMILES string of the molecule is COc1nc2c(c(N3CCCn4nc(C(=O)N(C)C)cc4C3)n1)COC(c1c(C(F)(F)F)ccc(N)c1F)C2. The summed E-state index contributed by atoms with van der Waals surface area (Å²) in [5.41, 5.74) is 5.51. The molecule has 208 valence electrons. The van der Waals surface area contributed by atoms with Gasteiger partial charge in [0.25, 0.3) is 5.91 Å². The lowest BCUT2D eigenvalue weighted by Crippen LogP contribution is -2.29. The highest BCUT2D eigenvalue weighted by atomic mass is 19.4. The number of alkyl halides is 3. The van der Waals surface area contributed by atoms with Crippen LogP contribution in [0.3, 0.4) is 0 Å². The van der Waals surface area contributed by atoms with Crippen molar-refractivity contribution in [3.8, 4) is 6.01 Å². The smallest absolute Gasteiger partial charge is 0.416 e. The lowest BCUT2D eigenvalue weighted by Gasteiger charge is -2.31. The molecule has 2 aliphatic heterocycles. The Morgan fingerprint density at radius 3 is 2.69 bits per heavy atom. The molecule has 1 amide bonds. The van der Waals surface area contributed by atoms with Crippen LogP contribution in [0.25, 0.3) is 0 Å². The number of anilines is 2. The number of nitrogens with two attached hydrogens (primary N) is 1. The second-order valence-electron chi connectivity index (χ2n) is 9.61. The van der Waals surface area contributed by atoms with Crippen molar-refractivity contribution in [2.24, 2.45) is 0 Å². The molecule has 1 unspecified atom stereocenters. The minimum absolute atomic E-state index is 0.0229. The number of ether oxygens (including phenoxy) is 2. The van der Waals surface area contributed by atoms with Crippen LogP contribution < -0.4 is 15.4 Å². The number of fused-ring (bicyclic) bond motifs is 2. The van der Waals surface area contributed by atoms with E-state index < -0.39 is 34.9 Å². The van der Waals surface area contributed by atoms with Gasteiger partial charge in [-0.3, -0.25) is 9.48 Å². The highest BCUT2D eigenvalue weighted by molar-refractivity contribution is 5.92. The molecule has 14 heteroatoms. The first kappa shape index (κ1) is 26.7. The fourth-order valence-electron chi connectivity index (χ4n) is 4.92. The molecule has 2 aliphatic rings. The van der Waals surface area contributed by atoms with Crippen molar-refractivity contribution in [1.82, 2.24) is 24.6 Å². The maximum absolute atomic E-state index is 15.0. The van der Waals surface area contributed by atoms with Crippen LogP contribution in [-0.2, 0) is 37.0 Å². The van der Waals surface area contributed by atoms with Crippen molar-refractivity contribution in [2.45, 2.75) is 44.8 Å². The number of hydrogen-bond acceptors (Lipinski definition) is 8. The van der Waals surface area contributed by atoms with Crippen molar-refractivity contribution in [2.75, 3.05) is 38.4 Å². The molecule has 2 N–H and O–H groups in total. The van der Waals surface area contributed by atoms with Crippen molar-refractivity contribution in [3.63, 3.8) is 0 Å². The van der Waals surface area contributed by atoms with Gasteiger partial charge in [0.05, 0.1) is 49.0 Å². The van der Waals surface area contributed by atoms with Gasteiger partial charge < -0.3 is 25.0 Å². The van der Waals surface area contributed by atoms with Crippen LogP contribution in [0.15, 0.2) is 18.2 Å². The average Bonchev–Trinajstić information content (AvgIpc) is 3.19. The van der Waals surface area contributed by atoms with E-state index in [0.29, 0.717) is 48.8 Å². The number of carbonyl (C=O) groups excluding carboxylic acids is 1. The van der Waals surface area contributed by atoms with Gasteiger partial charge in [-0.25, -0.2) is 4.39 Å². The molecule has 0 spiro atoms. The maximum Gasteiger partial charge on any atom is 0.416 e. The van der Waals surface area contributed by atoms with Crippen LogP contribution in [-0.4, -0.2) is 58.3 Å². The Morgan fingerprint density at radius 1 is 1.23 bits per heavy atom. The van der Waals surface area contributed by atoms with Crippen LogP contribution in [0, 0.1) is 5.82 Å². The van der Waals surface area contributed by atoms with Crippen molar-refractivity contribution < 1.29 is 31.8 Å². The fourth-order valence-corrected chi connectivity index (χ4v) is 4.92. The summed E-state index contributed by atoms with van der Waals surface area (Å²) < 4.78 is 69.1. The van der Waals surface area contributed by atoms with E-state index in [-0.39, 0.29) is 24.9 Å². The average molecular weight is 550 g/mol. The molecule has 0 saturated carbocycles. The van der Waals surface area contributed by atoms with E-state index in [2.05, 4.69) is 15.1 Å². The Morgan fingerprint density at radius 2 is 2.00 bits per heavy atom. The molecule has 0 fully saturated rings. The standard InChI is InChI=1S/C25H27F4N7O3/c1-34(2)23(37)18-9-13-11-35(7-4-8-36(13)33-18)22-14-12-39-19(10-17(14)31-24(32-22)38-3)20-15(25(27,28)29)5-6-16(30)21(20)26/h5-6,9,19H,4,7-8,10-12,30H2,1-3H3. The van der Waals surface area contributed by atoms with Gasteiger partial charge in [-0.2, -0.15) is 28.2 Å². The summed E-state index contributed by atoms with van der Waals surface area (Å²) in [6.07, 6.45) is -5.52. The molecule has 1 aromatic carbocycles. The predicted octanol–water partition coefficient (Wildman–Crippen LogP) is 3.35. The van der Waals surface area contributed by atoms with Crippen LogP contribution in [0.1, 0.15) is 51.1 Å². The van der Waals surface area contributed by atoms with E-state index >= 15 is 0 Å². The zero-order valence-corrected chi connectivity index (χ0v) is 21.5. The number of aryl methyl sites for hydroxylation is 1. The molecular weight excluding hydrogens is 522 g/mol. The van der Waals surface area contributed by atoms with Gasteiger partial charge in [-0.05, 0) is 24.6 Å². The van der Waals surface area contributed by atoms with Crippen LogP contribution in [0.4, 0.5) is 29.1 Å². The maximum atomic E-state index is 15.0. The molecule has 1 atom stereocenters. The highest BCUT2D eigenvalue weighted by Crippen LogP contribution is 2.43. The molecule has 3 aromatic rings. The number of halogens is 4. The number of rotatable bonds is 4. The number of nitrogen functional groups attached to an aromatic ring is 1. The highest BCUT2D eigenvalue weighted by Gasteiger charge is 2.40. The predicted molar refractivity (Wildman–Crippen MR) is 132 cm³/mol. The summed E-state index contributed by atoms with van der Waals surface area (Å²) in [6, 6.07) is 3.41. The Kier molecular flexibility index (Phi) is 6.83. The first-order valence-corrected chi connectivity index (χ1v) is 12.2. The number of hydrogen-bond donors (Lipinski definition) is 1. The molecule has 39 heavy (non-hydrogen) atoms. The number of aromatic nitrogens is 4. The van der Waals surface area contributed by atoms with Crippen molar-refractivity contribution in [3.05, 3.63) is 57.8 Å². The molecule has 0 saturated heterocycles. The van der Waals surface area contributed by atoms with E-state index in [1.807, 2.05) is 4.90 Å². The molecule has 10 nitrogen and oxygen atoms in total. The second kappa shape index (κ2) is 9.98. The normalized spacial score (nSPS) is 17.3. The lowest BCUT2D eigenvalue weighted by atomic mass is 9.94. The number of methoxy groups -OCH3 is 1. The summed E-state index contributed by atoms with van der Waals surface area (Å²) in [6.45, 7) is 1.39. The second-order valence-corrected chi connectivity index (χ2v) is 9.61. The number of carbonyl (C=O) groups is 1. The monoisotopic (exact) mass is 549 g/mol. The Bertz CT molecular complexity index is 1420. The molecule has 0 radical (unpaired) electrons. The van der Waals surface area contributed by atoms with Gasteiger partial charge in [-0.15, -0.1) is 0 Å². The third kappa shape index (κ3) is 4.95. The molecule has 5 rings (SSSR count). The molecule has 2 aromatic heterocycles. The van der Waals surface area contributed by atoms with Gasteiger partial charge in [0.15, 0.2) is 11.5 Å². The summed E-state index contributed by atoms with van der Waals surface area (Å²) in [5.74, 6) is -0.882. The van der Waals surface area contributed by atoms with Crippen LogP contribution in [0.2, 0.25) is 0 Å². The minimum Gasteiger partial charge on any atom is -0.467 e. The van der Waals surface area contributed by atoms with Crippen molar-refractivity contribution >= 4 is 17.4 Å². The number of nitrogens with zero attached hydrogens (tertiary/aromatic N) is 6. The van der Waals surface area contributed by atoms with Gasteiger partial charge in [0.2, 0.25) is 0 Å². The van der Waals surface area contributed by atoms with Gasteiger partial charge >= 0.3 is 12.2 Å². The Hall–Kier alpha value is -3.94. The zero-order chi connectivity index (χ0) is 28.1. The first-order valence-electron chi connectivity index (χ1n) is 12.2. The van der Waals surface area contributed by atoms with E-state index in [9.17, 15) is 22.4 Å². The fraction of sp³-hybridized carbons (Fsp3) is 0.440. The van der Waals surface area contributed by atoms with Gasteiger partial charge in [0.1, 0.15) is 5.82 Å². The molecule has 0 aliphatic carbocycles.